The van der Waals surface area contributed by atoms with Gasteiger partial charge in [0.05, 0.1) is 0 Å². The highest BCUT2D eigenvalue weighted by molar-refractivity contribution is 5.98. The molecule has 0 radical (unpaired) electrons. The van der Waals surface area contributed by atoms with Gasteiger partial charge in [-0.15, -0.1) is 0 Å². The number of carbonyl (C=O) groups is 1. The molecule has 2 aliphatic carbocycles. The van der Waals surface area contributed by atoms with Crippen LogP contribution in [-0.4, -0.2) is 37.9 Å². The first-order chi connectivity index (χ1) is 15.0. The fourth-order valence-electron chi connectivity index (χ4n) is 2.66. The third kappa shape index (κ3) is 5.95. The van der Waals surface area contributed by atoms with Crippen molar-refractivity contribution in [1.29, 1.82) is 0 Å². The van der Waals surface area contributed by atoms with Crippen LogP contribution in [0.4, 0.5) is 17.5 Å². The number of nitrogens with two attached hydrogens (primary N) is 2. The fraction of sp³-hybridized carbons (Fsp3) is 0.318. The average Bonchev–Trinajstić information content (AvgIpc) is 3.70. The molecule has 1 aromatic carbocycles. The molecule has 6 N–H and O–H groups in total. The summed E-state index contributed by atoms with van der Waals surface area (Å²) in [6.07, 6.45) is 11.2. The van der Waals surface area contributed by atoms with E-state index >= 15 is 0 Å². The van der Waals surface area contributed by atoms with E-state index in [2.05, 4.69) is 30.6 Å². The van der Waals surface area contributed by atoms with E-state index in [0.29, 0.717) is 24.1 Å². The molecule has 0 unspecified atom stereocenters. The van der Waals surface area contributed by atoms with E-state index in [0.717, 1.165) is 24.1 Å². The molecule has 2 aliphatic rings. The molecule has 2 heterocycles. The Morgan fingerprint density at radius 2 is 1.81 bits per heavy atom. The first-order valence-electron chi connectivity index (χ1n) is 10.4. The molecular formula is C22H26N8O. The lowest BCUT2D eigenvalue weighted by molar-refractivity contribution is 0.100. The van der Waals surface area contributed by atoms with Gasteiger partial charge in [0.1, 0.15) is 11.4 Å². The van der Waals surface area contributed by atoms with Gasteiger partial charge in [-0.05, 0) is 31.0 Å². The molecule has 0 atom stereocenters. The Bertz CT molecular complexity index is 1050. The Hall–Kier alpha value is -3.59. The Morgan fingerprint density at radius 3 is 2.45 bits per heavy atom. The highest BCUT2D eigenvalue weighted by atomic mass is 16.1. The van der Waals surface area contributed by atoms with Gasteiger partial charge in [-0.1, -0.05) is 31.4 Å². The number of nitrogens with one attached hydrogen (secondary N) is 2. The number of nitrogens with zero attached hydrogens (tertiary/aromatic N) is 4. The van der Waals surface area contributed by atoms with Gasteiger partial charge in [-0.3, -0.25) is 4.79 Å². The topological polar surface area (TPSA) is 145 Å². The summed E-state index contributed by atoms with van der Waals surface area (Å²) in [5.74, 6) is 0.683. The molecule has 0 bridgehead atoms. The summed E-state index contributed by atoms with van der Waals surface area (Å²) in [5.41, 5.74) is 13.1. The highest BCUT2D eigenvalue weighted by Crippen LogP contribution is 2.32. The van der Waals surface area contributed by atoms with Gasteiger partial charge in [0.25, 0.3) is 5.91 Å². The van der Waals surface area contributed by atoms with E-state index in [9.17, 15) is 4.79 Å². The number of hydrogen-bond donors (Lipinski definition) is 4. The van der Waals surface area contributed by atoms with Crippen LogP contribution in [0.3, 0.4) is 0 Å². The van der Waals surface area contributed by atoms with Gasteiger partial charge in [0.15, 0.2) is 5.82 Å². The van der Waals surface area contributed by atoms with Crippen LogP contribution in [0, 0.1) is 0 Å². The van der Waals surface area contributed by atoms with Crippen LogP contribution in [0.25, 0.3) is 11.4 Å². The Morgan fingerprint density at radius 1 is 1.06 bits per heavy atom. The minimum absolute atomic E-state index is 0.191. The van der Waals surface area contributed by atoms with Crippen molar-refractivity contribution in [2.45, 2.75) is 37.6 Å². The van der Waals surface area contributed by atoms with Gasteiger partial charge in [-0.25, -0.2) is 15.0 Å². The molecule has 0 aliphatic heterocycles. The lowest BCUT2D eigenvalue weighted by Crippen LogP contribution is -2.31. The number of anilines is 3. The molecule has 2 saturated carbocycles. The summed E-state index contributed by atoms with van der Waals surface area (Å²) in [4.78, 5) is 28.8. The van der Waals surface area contributed by atoms with Gasteiger partial charge in [-0.2, -0.15) is 4.98 Å². The monoisotopic (exact) mass is 418 g/mol. The molecule has 3 aromatic rings. The summed E-state index contributed by atoms with van der Waals surface area (Å²) in [6, 6.07) is 9.25. The van der Waals surface area contributed by atoms with Crippen molar-refractivity contribution in [3.05, 3.63) is 54.5 Å². The second-order valence-corrected chi connectivity index (χ2v) is 7.87. The van der Waals surface area contributed by atoms with Crippen LogP contribution >= 0.6 is 0 Å². The minimum Gasteiger partial charge on any atom is -0.365 e. The number of carbonyl (C=O) groups excluding carboxylic acids is 1. The van der Waals surface area contributed by atoms with E-state index in [1.807, 2.05) is 24.3 Å². The normalized spacial score (nSPS) is 15.3. The lowest BCUT2D eigenvalue weighted by Gasteiger charge is -2.14. The Kier molecular flexibility index (Phi) is 6.03. The van der Waals surface area contributed by atoms with Crippen LogP contribution in [0.5, 0.6) is 0 Å². The standard InChI is InChI=1S/C19H20N8O.C3H6/c20-15(28)14-10-24-18(25-11-19(21)5-6-19)27-17(14)26-13-4-1-3-12(9-13)16-22-7-2-8-23-16;1-2-3-1/h1-4,7-10H,5-6,11,21H2,(H2,20,28)(H2,24,25,26,27);1-3H2. The molecule has 5 rings (SSSR count). The zero-order chi connectivity index (χ0) is 21.7. The van der Waals surface area contributed by atoms with E-state index in [1.165, 1.54) is 25.5 Å². The molecular weight excluding hydrogens is 392 g/mol. The summed E-state index contributed by atoms with van der Waals surface area (Å²) < 4.78 is 0. The van der Waals surface area contributed by atoms with E-state index < -0.39 is 5.91 Å². The maximum absolute atomic E-state index is 11.8. The molecule has 2 aromatic heterocycles. The molecule has 160 valence electrons. The van der Waals surface area contributed by atoms with Crippen molar-refractivity contribution in [1.82, 2.24) is 19.9 Å². The van der Waals surface area contributed by atoms with Crippen molar-refractivity contribution in [3.63, 3.8) is 0 Å². The second kappa shape index (κ2) is 9.05. The Labute approximate surface area is 180 Å². The van der Waals surface area contributed by atoms with Crippen molar-refractivity contribution in [3.8, 4) is 11.4 Å². The van der Waals surface area contributed by atoms with Gasteiger partial charge >= 0.3 is 0 Å². The molecule has 31 heavy (non-hydrogen) atoms. The zero-order valence-corrected chi connectivity index (χ0v) is 17.2. The second-order valence-electron chi connectivity index (χ2n) is 7.87. The zero-order valence-electron chi connectivity index (χ0n) is 17.2. The third-order valence-electron chi connectivity index (χ3n) is 4.85. The van der Waals surface area contributed by atoms with E-state index in [4.69, 9.17) is 11.5 Å². The first kappa shape index (κ1) is 20.7. The van der Waals surface area contributed by atoms with Crippen LogP contribution in [0.15, 0.2) is 48.9 Å². The van der Waals surface area contributed by atoms with E-state index in [1.54, 1.807) is 18.5 Å². The fourth-order valence-corrected chi connectivity index (χ4v) is 2.66. The van der Waals surface area contributed by atoms with Crippen molar-refractivity contribution < 1.29 is 4.79 Å². The van der Waals surface area contributed by atoms with Gasteiger partial charge in [0.2, 0.25) is 5.95 Å². The highest BCUT2D eigenvalue weighted by Gasteiger charge is 2.38. The number of rotatable bonds is 7. The predicted molar refractivity (Wildman–Crippen MR) is 120 cm³/mol. The Balaban J connectivity index is 0.000000710. The molecule has 0 saturated heterocycles. The largest absolute Gasteiger partial charge is 0.365 e. The summed E-state index contributed by atoms with van der Waals surface area (Å²) >= 11 is 0. The van der Waals surface area contributed by atoms with Crippen molar-refractivity contribution in [2.75, 3.05) is 17.2 Å². The smallest absolute Gasteiger partial charge is 0.254 e. The maximum atomic E-state index is 11.8. The summed E-state index contributed by atoms with van der Waals surface area (Å²) in [6.45, 7) is 0.573. The number of primary amides is 1. The maximum Gasteiger partial charge on any atom is 0.254 e. The first-order valence-corrected chi connectivity index (χ1v) is 10.4. The lowest BCUT2D eigenvalue weighted by atomic mass is 10.2. The quantitative estimate of drug-likeness (QED) is 0.458. The van der Waals surface area contributed by atoms with Crippen LogP contribution in [0.1, 0.15) is 42.5 Å². The van der Waals surface area contributed by atoms with Gasteiger partial charge in [0, 0.05) is 41.9 Å². The predicted octanol–water partition coefficient (Wildman–Crippen LogP) is 2.85. The SMILES string of the molecule is C1CC1.NC(=O)c1cnc(NCC2(N)CC2)nc1Nc1cccc(-c2ncccn2)c1. The van der Waals surface area contributed by atoms with Crippen molar-refractivity contribution in [2.24, 2.45) is 11.5 Å². The summed E-state index contributed by atoms with van der Waals surface area (Å²) in [7, 11) is 0. The van der Waals surface area contributed by atoms with Crippen LogP contribution in [0.2, 0.25) is 0 Å². The summed E-state index contributed by atoms with van der Waals surface area (Å²) in [5, 5.41) is 6.26. The number of benzene rings is 1. The minimum atomic E-state index is -0.617. The van der Waals surface area contributed by atoms with E-state index in [-0.39, 0.29) is 11.1 Å². The molecule has 1 amide bonds. The molecule has 2 fully saturated rings. The third-order valence-corrected chi connectivity index (χ3v) is 4.85. The number of amides is 1. The van der Waals surface area contributed by atoms with Crippen molar-refractivity contribution >= 4 is 23.4 Å². The molecule has 0 spiro atoms. The van der Waals surface area contributed by atoms with Crippen LogP contribution < -0.4 is 22.1 Å². The molecule has 9 heteroatoms. The van der Waals surface area contributed by atoms with Gasteiger partial charge < -0.3 is 22.1 Å². The average molecular weight is 419 g/mol. The molecule has 9 nitrogen and oxygen atoms in total. The number of aromatic nitrogens is 4. The number of hydrogen-bond acceptors (Lipinski definition) is 8. The van der Waals surface area contributed by atoms with Crippen LogP contribution in [-0.2, 0) is 0 Å².